The van der Waals surface area contributed by atoms with Crippen molar-refractivity contribution in [2.24, 2.45) is 5.92 Å². The first kappa shape index (κ1) is 15.1. The van der Waals surface area contributed by atoms with Crippen LogP contribution in [-0.4, -0.2) is 29.1 Å². The van der Waals surface area contributed by atoms with Gasteiger partial charge in [-0.1, -0.05) is 54.1 Å². The third-order valence-electron chi connectivity index (χ3n) is 4.24. The van der Waals surface area contributed by atoms with Gasteiger partial charge in [-0.2, -0.15) is 0 Å². The Kier molecular flexibility index (Phi) is 4.46. The van der Waals surface area contributed by atoms with Gasteiger partial charge in [0.2, 0.25) is 0 Å². The van der Waals surface area contributed by atoms with Gasteiger partial charge < -0.3 is 5.11 Å². The van der Waals surface area contributed by atoms with E-state index in [1.165, 1.54) is 5.56 Å². The summed E-state index contributed by atoms with van der Waals surface area (Å²) in [5, 5.41) is 10.2. The van der Waals surface area contributed by atoms with Crippen molar-refractivity contribution in [1.29, 1.82) is 0 Å². The van der Waals surface area contributed by atoms with Gasteiger partial charge in [0.05, 0.1) is 5.92 Å². The Balaban J connectivity index is 1.79. The minimum Gasteiger partial charge on any atom is -0.481 e. The molecule has 4 heteroatoms. The number of carboxylic acids is 1. The molecule has 0 spiro atoms. The number of carbonyl (C=O) groups is 1. The molecule has 1 heterocycles. The highest BCUT2D eigenvalue weighted by atomic mass is 35.5. The Morgan fingerprint density at radius 2 is 1.91 bits per heavy atom. The molecule has 0 bridgehead atoms. The number of rotatable bonds is 4. The fourth-order valence-corrected chi connectivity index (χ4v) is 3.38. The molecule has 1 aliphatic rings. The highest BCUT2D eigenvalue weighted by Gasteiger charge is 2.38. The highest BCUT2D eigenvalue weighted by Crippen LogP contribution is 2.34. The molecule has 3 rings (SSSR count). The van der Waals surface area contributed by atoms with E-state index in [0.717, 1.165) is 18.7 Å². The summed E-state index contributed by atoms with van der Waals surface area (Å²) in [6.45, 7) is 2.09. The third kappa shape index (κ3) is 3.32. The van der Waals surface area contributed by atoms with E-state index in [1.54, 1.807) is 0 Å². The van der Waals surface area contributed by atoms with Crippen LogP contribution < -0.4 is 0 Å². The number of nitrogens with zero attached hydrogens (tertiary/aromatic N) is 1. The van der Waals surface area contributed by atoms with Crippen molar-refractivity contribution >= 4 is 17.6 Å². The number of hydrogen-bond acceptors (Lipinski definition) is 2. The lowest BCUT2D eigenvalue weighted by Crippen LogP contribution is -2.23. The second kappa shape index (κ2) is 6.51. The summed E-state index contributed by atoms with van der Waals surface area (Å²) in [4.78, 5) is 13.8. The van der Waals surface area contributed by atoms with Crippen molar-refractivity contribution in [1.82, 2.24) is 4.90 Å². The summed E-state index contributed by atoms with van der Waals surface area (Å²) in [5.41, 5.74) is 2.22. The molecule has 1 fully saturated rings. The molecule has 0 unspecified atom stereocenters. The van der Waals surface area contributed by atoms with Gasteiger partial charge in [-0.15, -0.1) is 0 Å². The number of carboxylic acid groups (broad SMARTS) is 1. The van der Waals surface area contributed by atoms with E-state index in [9.17, 15) is 9.90 Å². The van der Waals surface area contributed by atoms with E-state index in [0.29, 0.717) is 11.6 Å². The SMILES string of the molecule is O=C(O)[C@H]1CN(Cc2ccccc2)C[C@H]1c1cccc(Cl)c1. The first-order valence-corrected chi connectivity index (χ1v) is 7.76. The van der Waals surface area contributed by atoms with Crippen LogP contribution in [0.15, 0.2) is 54.6 Å². The van der Waals surface area contributed by atoms with E-state index in [2.05, 4.69) is 17.0 Å². The van der Waals surface area contributed by atoms with Crippen LogP contribution >= 0.6 is 11.6 Å². The van der Waals surface area contributed by atoms with Gasteiger partial charge in [0.15, 0.2) is 0 Å². The highest BCUT2D eigenvalue weighted by molar-refractivity contribution is 6.30. The van der Waals surface area contributed by atoms with Gasteiger partial charge >= 0.3 is 5.97 Å². The summed E-state index contributed by atoms with van der Waals surface area (Å²) in [5.74, 6) is -1.14. The predicted molar refractivity (Wildman–Crippen MR) is 87.0 cm³/mol. The van der Waals surface area contributed by atoms with Crippen molar-refractivity contribution in [3.05, 3.63) is 70.7 Å². The van der Waals surface area contributed by atoms with E-state index in [-0.39, 0.29) is 11.8 Å². The van der Waals surface area contributed by atoms with E-state index < -0.39 is 5.97 Å². The quantitative estimate of drug-likeness (QED) is 0.936. The topological polar surface area (TPSA) is 40.5 Å². The standard InChI is InChI=1S/C18H18ClNO2/c19-15-8-4-7-14(9-15)16-11-20(12-17(16)18(21)22)10-13-5-2-1-3-6-13/h1-9,16-17H,10-12H2,(H,21,22)/t16-,17-/m0/s1. The van der Waals surface area contributed by atoms with Crippen molar-refractivity contribution in [3.8, 4) is 0 Å². The molecule has 0 saturated carbocycles. The number of likely N-dealkylation sites (tertiary alicyclic amines) is 1. The lowest BCUT2D eigenvalue weighted by atomic mass is 9.89. The minimum atomic E-state index is -0.736. The Morgan fingerprint density at radius 3 is 2.59 bits per heavy atom. The van der Waals surface area contributed by atoms with Gasteiger partial charge in [-0.3, -0.25) is 9.69 Å². The number of benzene rings is 2. The molecule has 1 aliphatic heterocycles. The maximum absolute atomic E-state index is 11.6. The van der Waals surface area contributed by atoms with Gasteiger partial charge in [0.1, 0.15) is 0 Å². The lowest BCUT2D eigenvalue weighted by molar-refractivity contribution is -0.141. The molecule has 2 aromatic carbocycles. The fraction of sp³-hybridized carbons (Fsp3) is 0.278. The van der Waals surface area contributed by atoms with E-state index in [4.69, 9.17) is 11.6 Å². The molecule has 0 amide bonds. The first-order chi connectivity index (χ1) is 10.6. The molecular formula is C18H18ClNO2. The third-order valence-corrected chi connectivity index (χ3v) is 4.47. The fourth-order valence-electron chi connectivity index (χ4n) is 3.18. The monoisotopic (exact) mass is 315 g/mol. The van der Waals surface area contributed by atoms with Crippen molar-refractivity contribution < 1.29 is 9.90 Å². The minimum absolute atomic E-state index is 0.0140. The molecule has 0 radical (unpaired) electrons. The second-order valence-electron chi connectivity index (χ2n) is 5.79. The predicted octanol–water partition coefficient (Wildman–Crippen LogP) is 3.64. The first-order valence-electron chi connectivity index (χ1n) is 7.38. The van der Waals surface area contributed by atoms with Crippen LogP contribution in [0.3, 0.4) is 0 Å². The number of aliphatic carboxylic acids is 1. The average Bonchev–Trinajstić information content (AvgIpc) is 2.92. The molecule has 2 aromatic rings. The molecule has 22 heavy (non-hydrogen) atoms. The molecule has 0 aliphatic carbocycles. The molecule has 1 saturated heterocycles. The summed E-state index contributed by atoms with van der Waals surface area (Å²) < 4.78 is 0. The largest absolute Gasteiger partial charge is 0.481 e. The van der Waals surface area contributed by atoms with Crippen molar-refractivity contribution in [2.45, 2.75) is 12.5 Å². The van der Waals surface area contributed by atoms with Crippen LogP contribution in [0.1, 0.15) is 17.0 Å². The number of halogens is 1. The van der Waals surface area contributed by atoms with Gasteiger partial charge in [-0.25, -0.2) is 0 Å². The van der Waals surface area contributed by atoms with Crippen LogP contribution in [0.4, 0.5) is 0 Å². The zero-order valence-electron chi connectivity index (χ0n) is 12.2. The Hall–Kier alpha value is -1.84. The van der Waals surface area contributed by atoms with Gasteiger partial charge in [0.25, 0.3) is 0 Å². The van der Waals surface area contributed by atoms with Crippen LogP contribution in [0.25, 0.3) is 0 Å². The van der Waals surface area contributed by atoms with Gasteiger partial charge in [0, 0.05) is 30.6 Å². The second-order valence-corrected chi connectivity index (χ2v) is 6.22. The van der Waals surface area contributed by atoms with Gasteiger partial charge in [-0.05, 0) is 23.3 Å². The Bertz CT molecular complexity index is 659. The normalized spacial score (nSPS) is 21.9. The molecule has 0 aromatic heterocycles. The smallest absolute Gasteiger partial charge is 0.308 e. The van der Waals surface area contributed by atoms with Crippen LogP contribution in [0.5, 0.6) is 0 Å². The zero-order valence-corrected chi connectivity index (χ0v) is 12.9. The van der Waals surface area contributed by atoms with Crippen LogP contribution in [-0.2, 0) is 11.3 Å². The average molecular weight is 316 g/mol. The van der Waals surface area contributed by atoms with Crippen molar-refractivity contribution in [3.63, 3.8) is 0 Å². The maximum Gasteiger partial charge on any atom is 0.308 e. The molecule has 114 valence electrons. The molecule has 3 nitrogen and oxygen atoms in total. The molecule has 2 atom stereocenters. The Labute approximate surface area is 135 Å². The Morgan fingerprint density at radius 1 is 1.14 bits per heavy atom. The maximum atomic E-state index is 11.6. The number of hydrogen-bond donors (Lipinski definition) is 1. The summed E-state index contributed by atoms with van der Waals surface area (Å²) in [7, 11) is 0. The van der Waals surface area contributed by atoms with Crippen LogP contribution in [0, 0.1) is 5.92 Å². The summed E-state index contributed by atoms with van der Waals surface area (Å²) >= 11 is 6.06. The van der Waals surface area contributed by atoms with Crippen LogP contribution in [0.2, 0.25) is 5.02 Å². The van der Waals surface area contributed by atoms with Crippen molar-refractivity contribution in [2.75, 3.05) is 13.1 Å². The lowest BCUT2D eigenvalue weighted by Gasteiger charge is -2.16. The molecule has 1 N–H and O–H groups in total. The van der Waals surface area contributed by atoms with E-state index >= 15 is 0 Å². The zero-order chi connectivity index (χ0) is 15.5. The van der Waals surface area contributed by atoms with E-state index in [1.807, 2.05) is 42.5 Å². The molecular weight excluding hydrogens is 298 g/mol. The summed E-state index contributed by atoms with van der Waals surface area (Å²) in [6.07, 6.45) is 0. The summed E-state index contributed by atoms with van der Waals surface area (Å²) in [6, 6.07) is 17.7.